The van der Waals surface area contributed by atoms with Crippen LogP contribution in [0.25, 0.3) is 10.8 Å². The summed E-state index contributed by atoms with van der Waals surface area (Å²) in [5.74, 6) is 0.235. The molecule has 1 aliphatic rings. The Morgan fingerprint density at radius 2 is 1.80 bits per heavy atom. The Kier molecular flexibility index (Phi) is 4.86. The Hall–Kier alpha value is -1.90. The zero-order valence-corrected chi connectivity index (χ0v) is 16.0. The van der Waals surface area contributed by atoms with Crippen LogP contribution in [0.2, 0.25) is 0 Å². The zero-order chi connectivity index (χ0) is 18.2. The second-order valence-electron chi connectivity index (χ2n) is 8.40. The molecule has 2 heteroatoms. The molecule has 0 aliphatic heterocycles. The molecule has 2 atom stereocenters. The lowest BCUT2D eigenvalue weighted by Crippen LogP contribution is -2.22. The number of rotatable bonds is 4. The fourth-order valence-corrected chi connectivity index (χ4v) is 3.66. The first kappa shape index (κ1) is 17.9. The maximum absolute atomic E-state index is 11.2. The van der Waals surface area contributed by atoms with E-state index in [4.69, 9.17) is 0 Å². The SMILES string of the molecule is CN(C)CC1=CC=CC1c1ccc2ccccc2c1C(O)C(C)(C)C. The van der Waals surface area contributed by atoms with Crippen LogP contribution in [0.1, 0.15) is 43.9 Å². The number of hydrogen-bond acceptors (Lipinski definition) is 2. The van der Waals surface area contributed by atoms with Gasteiger partial charge in [0.25, 0.3) is 0 Å². The fourth-order valence-electron chi connectivity index (χ4n) is 3.66. The predicted molar refractivity (Wildman–Crippen MR) is 107 cm³/mol. The van der Waals surface area contributed by atoms with Gasteiger partial charge in [0.05, 0.1) is 6.10 Å². The molecule has 0 aromatic heterocycles. The summed E-state index contributed by atoms with van der Waals surface area (Å²) in [4.78, 5) is 2.20. The molecular weight excluding hydrogens is 306 g/mol. The largest absolute Gasteiger partial charge is 0.388 e. The summed E-state index contributed by atoms with van der Waals surface area (Å²) >= 11 is 0. The van der Waals surface area contributed by atoms with E-state index in [1.807, 2.05) is 0 Å². The first-order valence-corrected chi connectivity index (χ1v) is 9.00. The van der Waals surface area contributed by atoms with Gasteiger partial charge in [-0.15, -0.1) is 0 Å². The second-order valence-corrected chi connectivity index (χ2v) is 8.40. The standard InChI is InChI=1S/C23H29NO/c1-23(2,3)22(25)21-19-11-7-6-9-16(19)13-14-20(21)18-12-8-10-17(18)15-24(4)5/h6-14,18,22,25H,15H2,1-5H3. The van der Waals surface area contributed by atoms with Gasteiger partial charge >= 0.3 is 0 Å². The van der Waals surface area contributed by atoms with Gasteiger partial charge < -0.3 is 10.0 Å². The number of benzene rings is 2. The van der Waals surface area contributed by atoms with Crippen molar-refractivity contribution in [1.82, 2.24) is 4.90 Å². The van der Waals surface area contributed by atoms with E-state index in [0.29, 0.717) is 0 Å². The number of fused-ring (bicyclic) bond motifs is 1. The molecule has 25 heavy (non-hydrogen) atoms. The van der Waals surface area contributed by atoms with E-state index in [9.17, 15) is 5.11 Å². The Morgan fingerprint density at radius 3 is 2.48 bits per heavy atom. The topological polar surface area (TPSA) is 23.5 Å². The molecule has 0 heterocycles. The van der Waals surface area contributed by atoms with Crippen LogP contribution in [0.4, 0.5) is 0 Å². The normalized spacial score (nSPS) is 18.8. The third-order valence-electron chi connectivity index (χ3n) is 4.95. The van der Waals surface area contributed by atoms with Gasteiger partial charge in [0, 0.05) is 12.5 Å². The quantitative estimate of drug-likeness (QED) is 0.844. The van der Waals surface area contributed by atoms with Crippen LogP contribution >= 0.6 is 0 Å². The molecule has 0 spiro atoms. The lowest BCUT2D eigenvalue weighted by atomic mass is 9.77. The summed E-state index contributed by atoms with van der Waals surface area (Å²) in [5.41, 5.74) is 3.46. The van der Waals surface area contributed by atoms with Crippen molar-refractivity contribution in [2.45, 2.75) is 32.8 Å². The van der Waals surface area contributed by atoms with Crippen molar-refractivity contribution in [1.29, 1.82) is 0 Å². The molecule has 0 amide bonds. The summed E-state index contributed by atoms with van der Waals surface area (Å²) in [7, 11) is 4.20. The van der Waals surface area contributed by atoms with Gasteiger partial charge in [-0.1, -0.05) is 75.4 Å². The van der Waals surface area contributed by atoms with Crippen molar-refractivity contribution in [3.63, 3.8) is 0 Å². The van der Waals surface area contributed by atoms with Crippen molar-refractivity contribution in [2.24, 2.45) is 5.41 Å². The number of aliphatic hydroxyl groups is 1. The van der Waals surface area contributed by atoms with E-state index >= 15 is 0 Å². The predicted octanol–water partition coefficient (Wildman–Crippen LogP) is 5.06. The molecule has 0 fully saturated rings. The first-order valence-electron chi connectivity index (χ1n) is 9.00. The highest BCUT2D eigenvalue weighted by Crippen LogP contribution is 2.43. The van der Waals surface area contributed by atoms with E-state index in [1.54, 1.807) is 0 Å². The van der Waals surface area contributed by atoms with Crippen molar-refractivity contribution >= 4 is 10.8 Å². The molecular formula is C23H29NO. The number of allylic oxidation sites excluding steroid dienone is 3. The minimum Gasteiger partial charge on any atom is -0.388 e. The highest BCUT2D eigenvalue weighted by atomic mass is 16.3. The van der Waals surface area contributed by atoms with Crippen molar-refractivity contribution in [2.75, 3.05) is 20.6 Å². The fraction of sp³-hybridized carbons (Fsp3) is 0.391. The number of likely N-dealkylation sites (N-methyl/N-ethyl adjacent to an activating group) is 1. The second kappa shape index (κ2) is 6.78. The van der Waals surface area contributed by atoms with Gasteiger partial charge in [-0.3, -0.25) is 0 Å². The smallest absolute Gasteiger partial charge is 0.0847 e. The molecule has 1 aliphatic carbocycles. The van der Waals surface area contributed by atoms with Crippen molar-refractivity contribution in [3.8, 4) is 0 Å². The number of nitrogens with zero attached hydrogens (tertiary/aromatic N) is 1. The lowest BCUT2D eigenvalue weighted by molar-refractivity contribution is 0.0631. The molecule has 0 saturated carbocycles. The van der Waals surface area contributed by atoms with Crippen LogP contribution in [0, 0.1) is 5.41 Å². The van der Waals surface area contributed by atoms with Crippen LogP contribution in [0.5, 0.6) is 0 Å². The monoisotopic (exact) mass is 335 g/mol. The van der Waals surface area contributed by atoms with Crippen LogP contribution in [-0.2, 0) is 0 Å². The van der Waals surface area contributed by atoms with Gasteiger partial charge in [0.1, 0.15) is 0 Å². The molecule has 2 unspecified atom stereocenters. The van der Waals surface area contributed by atoms with Crippen LogP contribution in [0.15, 0.2) is 60.2 Å². The molecule has 0 bridgehead atoms. The molecule has 2 aromatic rings. The number of aliphatic hydroxyl groups excluding tert-OH is 1. The molecule has 0 saturated heterocycles. The van der Waals surface area contributed by atoms with Gasteiger partial charge in [-0.25, -0.2) is 0 Å². The van der Waals surface area contributed by atoms with Gasteiger partial charge in [0.15, 0.2) is 0 Å². The van der Waals surface area contributed by atoms with Gasteiger partial charge in [-0.2, -0.15) is 0 Å². The molecule has 1 N–H and O–H groups in total. The van der Waals surface area contributed by atoms with E-state index in [2.05, 4.69) is 94.4 Å². The van der Waals surface area contributed by atoms with Gasteiger partial charge in [-0.05, 0) is 47.0 Å². The van der Waals surface area contributed by atoms with E-state index in [-0.39, 0.29) is 11.3 Å². The molecule has 2 nitrogen and oxygen atoms in total. The van der Waals surface area contributed by atoms with E-state index in [1.165, 1.54) is 16.5 Å². The average Bonchev–Trinajstić information content (AvgIpc) is 2.99. The third-order valence-corrected chi connectivity index (χ3v) is 4.95. The van der Waals surface area contributed by atoms with Crippen LogP contribution in [-0.4, -0.2) is 30.6 Å². The summed E-state index contributed by atoms with van der Waals surface area (Å²) in [6.07, 6.45) is 6.10. The summed E-state index contributed by atoms with van der Waals surface area (Å²) in [6, 6.07) is 12.8. The molecule has 2 aromatic carbocycles. The van der Waals surface area contributed by atoms with E-state index in [0.717, 1.165) is 17.5 Å². The highest BCUT2D eigenvalue weighted by molar-refractivity contribution is 5.87. The lowest BCUT2D eigenvalue weighted by Gasteiger charge is -2.31. The Balaban J connectivity index is 2.18. The van der Waals surface area contributed by atoms with Crippen LogP contribution < -0.4 is 0 Å². The third kappa shape index (κ3) is 3.56. The Morgan fingerprint density at radius 1 is 1.08 bits per heavy atom. The molecule has 132 valence electrons. The molecule has 0 radical (unpaired) electrons. The minimum absolute atomic E-state index is 0.216. The zero-order valence-electron chi connectivity index (χ0n) is 16.0. The van der Waals surface area contributed by atoms with Crippen molar-refractivity contribution in [3.05, 3.63) is 71.3 Å². The van der Waals surface area contributed by atoms with E-state index < -0.39 is 6.10 Å². The summed E-state index contributed by atoms with van der Waals surface area (Å²) < 4.78 is 0. The summed E-state index contributed by atoms with van der Waals surface area (Å²) in [6.45, 7) is 7.23. The maximum Gasteiger partial charge on any atom is 0.0847 e. The minimum atomic E-state index is -0.511. The van der Waals surface area contributed by atoms with Gasteiger partial charge in [0.2, 0.25) is 0 Å². The Bertz CT molecular complexity index is 824. The number of hydrogen-bond donors (Lipinski definition) is 1. The summed E-state index contributed by atoms with van der Waals surface area (Å²) in [5, 5.41) is 13.6. The first-order chi connectivity index (χ1) is 11.8. The van der Waals surface area contributed by atoms with Crippen LogP contribution in [0.3, 0.4) is 0 Å². The molecule has 3 rings (SSSR count). The highest BCUT2D eigenvalue weighted by Gasteiger charge is 2.30. The maximum atomic E-state index is 11.2. The average molecular weight is 335 g/mol. The van der Waals surface area contributed by atoms with Crippen molar-refractivity contribution < 1.29 is 5.11 Å². The Labute approximate surface area is 151 Å².